The second-order valence-electron chi connectivity index (χ2n) is 8.75. The number of rotatable bonds is 2. The first-order valence-electron chi connectivity index (χ1n) is 8.88. The Balaban J connectivity index is 1.34. The fourth-order valence-corrected chi connectivity index (χ4v) is 5.68. The molecule has 1 aromatic rings. The largest absolute Gasteiger partial charge is 0.461 e. The Bertz CT molecular complexity index is 601. The summed E-state index contributed by atoms with van der Waals surface area (Å²) < 4.78 is 13.0. The fourth-order valence-electron chi connectivity index (χ4n) is 5.68. The van der Waals surface area contributed by atoms with Crippen molar-refractivity contribution < 1.29 is 9.31 Å². The second-order valence-corrected chi connectivity index (χ2v) is 8.75. The third-order valence-electron chi connectivity index (χ3n) is 7.39. The van der Waals surface area contributed by atoms with Crippen LogP contribution in [0.3, 0.4) is 0 Å². The molecule has 1 heterocycles. The molecule has 0 aromatic heterocycles. The predicted octanol–water partition coefficient (Wildman–Crippen LogP) is 4.27. The minimum absolute atomic E-state index is 0.0235. The molecule has 3 heteroatoms. The predicted molar refractivity (Wildman–Crippen MR) is 87.7 cm³/mol. The van der Waals surface area contributed by atoms with E-state index in [9.17, 15) is 0 Å². The first-order valence-corrected chi connectivity index (χ1v) is 8.88. The van der Waals surface area contributed by atoms with Crippen molar-refractivity contribution in [1.29, 1.82) is 0 Å². The molecule has 1 saturated heterocycles. The van der Waals surface area contributed by atoms with Gasteiger partial charge in [-0.25, -0.2) is 0 Å². The van der Waals surface area contributed by atoms with E-state index < -0.39 is 0 Å². The van der Waals surface area contributed by atoms with Crippen LogP contribution in [0.15, 0.2) is 30.3 Å². The lowest BCUT2D eigenvalue weighted by atomic mass is 9.43. The van der Waals surface area contributed by atoms with E-state index in [-0.39, 0.29) is 12.7 Å². The van der Waals surface area contributed by atoms with E-state index in [2.05, 4.69) is 51.1 Å². The first kappa shape index (κ1) is 13.6. The maximum absolute atomic E-state index is 6.59. The van der Waals surface area contributed by atoms with Crippen molar-refractivity contribution in [3.63, 3.8) is 0 Å². The summed E-state index contributed by atoms with van der Waals surface area (Å²) in [7, 11) is 0.0235. The van der Waals surface area contributed by atoms with Crippen LogP contribution in [-0.4, -0.2) is 18.8 Å². The van der Waals surface area contributed by atoms with E-state index in [1.165, 1.54) is 24.8 Å². The molecule has 116 valence electrons. The lowest BCUT2D eigenvalue weighted by Crippen LogP contribution is -2.65. The number of hydrogen-bond acceptors (Lipinski definition) is 2. The fraction of sp³-hybridized carbons (Fsp3) is 0.684. The zero-order valence-electron chi connectivity index (χ0n) is 13.8. The summed E-state index contributed by atoms with van der Waals surface area (Å²) in [6.45, 7) is 7.17. The quantitative estimate of drug-likeness (QED) is 0.759. The Morgan fingerprint density at radius 3 is 2.55 bits per heavy atom. The smallest absolute Gasteiger partial charge is 0.405 e. The number of benzene rings is 1. The minimum atomic E-state index is -0.0489. The summed E-state index contributed by atoms with van der Waals surface area (Å²) in [4.78, 5) is 0. The molecule has 4 aliphatic carbocycles. The lowest BCUT2D eigenvalue weighted by Gasteiger charge is -2.64. The van der Waals surface area contributed by atoms with Crippen molar-refractivity contribution >= 4 is 7.12 Å². The molecule has 0 N–H and O–H groups in total. The lowest BCUT2D eigenvalue weighted by molar-refractivity contribution is -0.199. The summed E-state index contributed by atoms with van der Waals surface area (Å²) >= 11 is 0. The highest BCUT2D eigenvalue weighted by Crippen LogP contribution is 2.67. The van der Waals surface area contributed by atoms with Gasteiger partial charge in [-0.1, -0.05) is 44.2 Å². The van der Waals surface area contributed by atoms with Gasteiger partial charge in [-0.3, -0.25) is 0 Å². The third kappa shape index (κ3) is 1.64. The van der Waals surface area contributed by atoms with Crippen LogP contribution < -0.4 is 0 Å². The van der Waals surface area contributed by atoms with E-state index in [4.69, 9.17) is 9.31 Å². The highest BCUT2D eigenvalue weighted by atomic mass is 16.7. The molecule has 0 amide bonds. The van der Waals surface area contributed by atoms with E-state index >= 15 is 0 Å². The molecule has 1 aliphatic heterocycles. The van der Waals surface area contributed by atoms with Gasteiger partial charge in [-0.2, -0.15) is 0 Å². The standard InChI is InChI=1S/C19H25BO2/c1-18(2)13-9-16(18)19(3)17(10-13)21-20(22-19)15-11-14(15)12-7-5-4-6-8-12/h4-8,13-17H,9-11H2,1-3H3/t13?,14-,15+,16?,17-,19?/m0/s1. The average molecular weight is 296 g/mol. The van der Waals surface area contributed by atoms with Crippen LogP contribution >= 0.6 is 0 Å². The highest BCUT2D eigenvalue weighted by Gasteiger charge is 2.69. The summed E-state index contributed by atoms with van der Waals surface area (Å²) in [5.41, 5.74) is 1.84. The molecule has 0 spiro atoms. The molecule has 6 atom stereocenters. The van der Waals surface area contributed by atoms with Gasteiger partial charge < -0.3 is 9.31 Å². The van der Waals surface area contributed by atoms with Crippen LogP contribution in [0.5, 0.6) is 0 Å². The van der Waals surface area contributed by atoms with Crippen LogP contribution in [0, 0.1) is 17.3 Å². The first-order chi connectivity index (χ1) is 10.5. The molecule has 5 aliphatic rings. The molecule has 4 saturated carbocycles. The molecule has 5 fully saturated rings. The average Bonchev–Trinajstić information content (AvgIpc) is 3.22. The van der Waals surface area contributed by atoms with E-state index in [0.29, 0.717) is 29.2 Å². The van der Waals surface area contributed by atoms with Gasteiger partial charge in [0.25, 0.3) is 0 Å². The Labute approximate surface area is 133 Å². The van der Waals surface area contributed by atoms with Gasteiger partial charge in [0.05, 0.1) is 11.7 Å². The molecular formula is C19H25BO2. The van der Waals surface area contributed by atoms with Gasteiger partial charge in [0.2, 0.25) is 0 Å². The van der Waals surface area contributed by atoms with Crippen LogP contribution in [0.1, 0.15) is 51.5 Å². The molecule has 2 nitrogen and oxygen atoms in total. The van der Waals surface area contributed by atoms with Gasteiger partial charge in [0.1, 0.15) is 0 Å². The Morgan fingerprint density at radius 2 is 1.82 bits per heavy atom. The van der Waals surface area contributed by atoms with Crippen molar-refractivity contribution in [2.75, 3.05) is 0 Å². The molecule has 3 unspecified atom stereocenters. The molecule has 1 aromatic carbocycles. The summed E-state index contributed by atoms with van der Waals surface area (Å²) in [5.74, 6) is 2.70. The zero-order chi connectivity index (χ0) is 15.1. The zero-order valence-corrected chi connectivity index (χ0v) is 13.8. The monoisotopic (exact) mass is 296 g/mol. The Hall–Kier alpha value is -0.795. The SMILES string of the molecule is CC1(C)C2CC1C1(C)OB([C@@H]3C[C@H]3c3ccccc3)O[C@H]1C2. The topological polar surface area (TPSA) is 18.5 Å². The van der Waals surface area contributed by atoms with Gasteiger partial charge >= 0.3 is 7.12 Å². The summed E-state index contributed by atoms with van der Waals surface area (Å²) in [5, 5.41) is 0. The minimum Gasteiger partial charge on any atom is -0.405 e. The van der Waals surface area contributed by atoms with Gasteiger partial charge in [-0.15, -0.1) is 0 Å². The maximum Gasteiger partial charge on any atom is 0.461 e. The molecular weight excluding hydrogens is 271 g/mol. The van der Waals surface area contributed by atoms with E-state index in [0.717, 1.165) is 5.92 Å². The molecule has 22 heavy (non-hydrogen) atoms. The Kier molecular flexibility index (Phi) is 2.59. The normalized spacial score (nSPS) is 47.8. The van der Waals surface area contributed by atoms with Crippen molar-refractivity contribution in [1.82, 2.24) is 0 Å². The van der Waals surface area contributed by atoms with Crippen LogP contribution in [0.25, 0.3) is 0 Å². The maximum atomic E-state index is 6.59. The van der Waals surface area contributed by atoms with E-state index in [1.807, 2.05) is 0 Å². The Morgan fingerprint density at radius 1 is 1.05 bits per heavy atom. The van der Waals surface area contributed by atoms with Crippen molar-refractivity contribution in [2.24, 2.45) is 17.3 Å². The molecule has 6 rings (SSSR count). The van der Waals surface area contributed by atoms with Gasteiger partial charge in [0, 0.05) is 5.82 Å². The van der Waals surface area contributed by atoms with Crippen LogP contribution in [0.2, 0.25) is 5.82 Å². The van der Waals surface area contributed by atoms with Crippen LogP contribution in [0.4, 0.5) is 0 Å². The van der Waals surface area contributed by atoms with Gasteiger partial charge in [-0.05, 0) is 54.9 Å². The highest BCUT2D eigenvalue weighted by molar-refractivity contribution is 6.49. The van der Waals surface area contributed by atoms with Crippen molar-refractivity contribution in [3.8, 4) is 0 Å². The second kappa shape index (κ2) is 4.18. The summed E-state index contributed by atoms with van der Waals surface area (Å²) in [6.07, 6.45) is 4.07. The van der Waals surface area contributed by atoms with Crippen molar-refractivity contribution in [3.05, 3.63) is 35.9 Å². The number of hydrogen-bond donors (Lipinski definition) is 0. The third-order valence-corrected chi connectivity index (χ3v) is 7.39. The van der Waals surface area contributed by atoms with E-state index in [1.54, 1.807) is 0 Å². The van der Waals surface area contributed by atoms with Gasteiger partial charge in [0.15, 0.2) is 0 Å². The molecule has 0 radical (unpaired) electrons. The van der Waals surface area contributed by atoms with Crippen LogP contribution in [-0.2, 0) is 9.31 Å². The summed E-state index contributed by atoms with van der Waals surface area (Å²) in [6, 6.07) is 10.9. The van der Waals surface area contributed by atoms with Crippen molar-refractivity contribution in [2.45, 2.75) is 63.5 Å². The molecule has 2 bridgehead atoms.